The van der Waals surface area contributed by atoms with Gasteiger partial charge in [0.2, 0.25) is 0 Å². The molecule has 1 aromatic carbocycles. The van der Waals surface area contributed by atoms with E-state index < -0.39 is 0 Å². The van der Waals surface area contributed by atoms with Crippen molar-refractivity contribution in [3.63, 3.8) is 0 Å². The quantitative estimate of drug-likeness (QED) is 0.893. The van der Waals surface area contributed by atoms with Crippen molar-refractivity contribution < 1.29 is 9.84 Å². The van der Waals surface area contributed by atoms with Crippen molar-refractivity contribution in [1.82, 2.24) is 5.32 Å². The molecule has 3 unspecified atom stereocenters. The Balaban J connectivity index is 1.73. The zero-order valence-electron chi connectivity index (χ0n) is 13.1. The predicted molar refractivity (Wildman–Crippen MR) is 84.7 cm³/mol. The summed E-state index contributed by atoms with van der Waals surface area (Å²) in [5, 5.41) is 13.6. The highest BCUT2D eigenvalue weighted by atomic mass is 16.5. The molecule has 1 heterocycles. The first-order valence-corrected chi connectivity index (χ1v) is 8.34. The van der Waals surface area contributed by atoms with E-state index in [1.807, 2.05) is 0 Å². The number of hydrogen-bond donors (Lipinski definition) is 2. The van der Waals surface area contributed by atoms with Crippen LogP contribution in [-0.4, -0.2) is 24.4 Å². The van der Waals surface area contributed by atoms with E-state index in [2.05, 4.69) is 37.4 Å². The summed E-state index contributed by atoms with van der Waals surface area (Å²) in [5.41, 5.74) is 2.60. The molecule has 3 atom stereocenters. The summed E-state index contributed by atoms with van der Waals surface area (Å²) in [7, 11) is 0. The molecule has 1 fully saturated rings. The number of fused-ring (bicyclic) bond motifs is 1. The first kappa shape index (κ1) is 14.9. The number of rotatable bonds is 4. The van der Waals surface area contributed by atoms with Crippen LogP contribution in [0.15, 0.2) is 18.2 Å². The van der Waals surface area contributed by atoms with E-state index in [9.17, 15) is 5.11 Å². The SMILES string of the molecule is CC(C)c1cccc2c1OCCC2NCC1CCCC1O. The number of aliphatic hydroxyl groups excluding tert-OH is 1. The molecule has 0 amide bonds. The molecule has 1 aromatic rings. The van der Waals surface area contributed by atoms with Gasteiger partial charge in [-0.2, -0.15) is 0 Å². The molecule has 1 aliphatic heterocycles. The van der Waals surface area contributed by atoms with Crippen LogP contribution in [0.3, 0.4) is 0 Å². The number of para-hydroxylation sites is 1. The fourth-order valence-electron chi connectivity index (χ4n) is 3.66. The minimum Gasteiger partial charge on any atom is -0.493 e. The van der Waals surface area contributed by atoms with Gasteiger partial charge >= 0.3 is 0 Å². The number of aliphatic hydroxyl groups is 1. The molecule has 2 aliphatic rings. The molecular formula is C18H27NO2. The summed E-state index contributed by atoms with van der Waals surface area (Å²) in [6.45, 7) is 6.12. The van der Waals surface area contributed by atoms with E-state index in [0.29, 0.717) is 17.9 Å². The van der Waals surface area contributed by atoms with Crippen LogP contribution in [0.4, 0.5) is 0 Å². The Morgan fingerprint density at radius 2 is 2.14 bits per heavy atom. The lowest BCUT2D eigenvalue weighted by Crippen LogP contribution is -2.33. The Hall–Kier alpha value is -1.06. The summed E-state index contributed by atoms with van der Waals surface area (Å²) in [6, 6.07) is 6.86. The second-order valence-corrected chi connectivity index (χ2v) is 6.78. The lowest BCUT2D eigenvalue weighted by molar-refractivity contribution is 0.128. The van der Waals surface area contributed by atoms with E-state index in [-0.39, 0.29) is 6.10 Å². The highest BCUT2D eigenvalue weighted by molar-refractivity contribution is 5.46. The molecular weight excluding hydrogens is 262 g/mol. The molecule has 21 heavy (non-hydrogen) atoms. The minimum absolute atomic E-state index is 0.112. The fourth-order valence-corrected chi connectivity index (χ4v) is 3.66. The standard InChI is InChI=1S/C18H27NO2/c1-12(2)14-6-4-7-15-16(9-10-21-18(14)15)19-11-13-5-3-8-17(13)20/h4,6-7,12-13,16-17,19-20H,3,5,8-11H2,1-2H3. The molecule has 1 saturated carbocycles. The van der Waals surface area contributed by atoms with Crippen molar-refractivity contribution in [3.05, 3.63) is 29.3 Å². The number of ether oxygens (including phenoxy) is 1. The van der Waals surface area contributed by atoms with Gasteiger partial charge < -0.3 is 15.2 Å². The third-order valence-corrected chi connectivity index (χ3v) is 4.97. The Labute approximate surface area is 127 Å². The van der Waals surface area contributed by atoms with Crippen molar-refractivity contribution in [1.29, 1.82) is 0 Å². The van der Waals surface area contributed by atoms with Gasteiger partial charge in [-0.05, 0) is 30.2 Å². The zero-order chi connectivity index (χ0) is 14.8. The van der Waals surface area contributed by atoms with Gasteiger partial charge in [0, 0.05) is 24.6 Å². The lowest BCUT2D eigenvalue weighted by atomic mass is 9.92. The topological polar surface area (TPSA) is 41.5 Å². The smallest absolute Gasteiger partial charge is 0.127 e. The average Bonchev–Trinajstić information content (AvgIpc) is 2.89. The van der Waals surface area contributed by atoms with Gasteiger partial charge in [0.15, 0.2) is 0 Å². The number of nitrogens with one attached hydrogen (secondary N) is 1. The van der Waals surface area contributed by atoms with Crippen LogP contribution in [0.2, 0.25) is 0 Å². The molecule has 116 valence electrons. The molecule has 0 spiro atoms. The van der Waals surface area contributed by atoms with Crippen LogP contribution in [-0.2, 0) is 0 Å². The normalized spacial score (nSPS) is 28.5. The molecule has 0 saturated heterocycles. The van der Waals surface area contributed by atoms with Crippen molar-refractivity contribution in [2.75, 3.05) is 13.2 Å². The van der Waals surface area contributed by atoms with Crippen molar-refractivity contribution in [3.8, 4) is 5.75 Å². The summed E-state index contributed by atoms with van der Waals surface area (Å²) in [5.74, 6) is 1.99. The molecule has 1 aliphatic carbocycles. The Bertz CT molecular complexity index is 486. The monoisotopic (exact) mass is 289 g/mol. The maximum Gasteiger partial charge on any atom is 0.127 e. The molecule has 0 bridgehead atoms. The van der Waals surface area contributed by atoms with Crippen molar-refractivity contribution >= 4 is 0 Å². The number of benzene rings is 1. The highest BCUT2D eigenvalue weighted by Crippen LogP contribution is 2.38. The third-order valence-electron chi connectivity index (χ3n) is 4.97. The summed E-state index contributed by atoms with van der Waals surface area (Å²) in [4.78, 5) is 0. The first-order chi connectivity index (χ1) is 10.2. The second-order valence-electron chi connectivity index (χ2n) is 6.78. The summed E-state index contributed by atoms with van der Waals surface area (Å²) >= 11 is 0. The van der Waals surface area contributed by atoms with Gasteiger partial charge in [-0.15, -0.1) is 0 Å². The molecule has 3 nitrogen and oxygen atoms in total. The summed E-state index contributed by atoms with van der Waals surface area (Å²) < 4.78 is 5.95. The Morgan fingerprint density at radius 1 is 1.29 bits per heavy atom. The van der Waals surface area contributed by atoms with Crippen LogP contribution < -0.4 is 10.1 Å². The predicted octanol–water partition coefficient (Wildman–Crippen LogP) is 3.38. The van der Waals surface area contributed by atoms with E-state index in [1.165, 1.54) is 11.1 Å². The van der Waals surface area contributed by atoms with Crippen LogP contribution in [0, 0.1) is 5.92 Å². The molecule has 3 heteroatoms. The maximum absolute atomic E-state index is 9.97. The van der Waals surface area contributed by atoms with Crippen molar-refractivity contribution in [2.45, 2.75) is 57.6 Å². The first-order valence-electron chi connectivity index (χ1n) is 8.34. The minimum atomic E-state index is -0.112. The van der Waals surface area contributed by atoms with Gasteiger partial charge in [-0.1, -0.05) is 38.5 Å². The largest absolute Gasteiger partial charge is 0.493 e. The van der Waals surface area contributed by atoms with E-state index in [0.717, 1.165) is 44.6 Å². The highest BCUT2D eigenvalue weighted by Gasteiger charge is 2.28. The second kappa shape index (κ2) is 6.37. The summed E-state index contributed by atoms with van der Waals surface area (Å²) in [6.07, 6.45) is 4.18. The van der Waals surface area contributed by atoms with Crippen LogP contribution in [0.5, 0.6) is 5.75 Å². The van der Waals surface area contributed by atoms with Gasteiger partial charge in [0.1, 0.15) is 5.75 Å². The van der Waals surface area contributed by atoms with Crippen LogP contribution in [0.1, 0.15) is 62.6 Å². The fraction of sp³-hybridized carbons (Fsp3) is 0.667. The van der Waals surface area contributed by atoms with Gasteiger partial charge in [-0.3, -0.25) is 0 Å². The van der Waals surface area contributed by atoms with Gasteiger partial charge in [0.25, 0.3) is 0 Å². The molecule has 0 aromatic heterocycles. The van der Waals surface area contributed by atoms with E-state index in [1.54, 1.807) is 0 Å². The molecule has 2 N–H and O–H groups in total. The third kappa shape index (κ3) is 3.09. The van der Waals surface area contributed by atoms with Gasteiger partial charge in [0.05, 0.1) is 12.7 Å². The average molecular weight is 289 g/mol. The van der Waals surface area contributed by atoms with E-state index >= 15 is 0 Å². The molecule has 0 radical (unpaired) electrons. The van der Waals surface area contributed by atoms with Gasteiger partial charge in [-0.25, -0.2) is 0 Å². The molecule has 3 rings (SSSR count). The van der Waals surface area contributed by atoms with E-state index in [4.69, 9.17) is 4.74 Å². The van der Waals surface area contributed by atoms with Crippen LogP contribution in [0.25, 0.3) is 0 Å². The maximum atomic E-state index is 9.97. The van der Waals surface area contributed by atoms with Crippen molar-refractivity contribution in [2.24, 2.45) is 5.92 Å². The zero-order valence-corrected chi connectivity index (χ0v) is 13.1. The van der Waals surface area contributed by atoms with Crippen LogP contribution >= 0.6 is 0 Å². The Kier molecular flexibility index (Phi) is 4.51. The number of hydrogen-bond acceptors (Lipinski definition) is 3. The Morgan fingerprint density at radius 3 is 2.86 bits per heavy atom. The lowest BCUT2D eigenvalue weighted by Gasteiger charge is -2.30.